The first kappa shape index (κ1) is 8.10. The Kier molecular flexibility index (Phi) is 2.38. The zero-order valence-electron chi connectivity index (χ0n) is 7.32. The van der Waals surface area contributed by atoms with Crippen LogP contribution >= 0.6 is 0 Å². The smallest absolute Gasteiger partial charge is 0.0274 e. The Morgan fingerprint density at radius 3 is 1.90 bits per heavy atom. The maximum Gasteiger partial charge on any atom is -0.0274 e. The van der Waals surface area contributed by atoms with Gasteiger partial charge >= 0.3 is 0 Å². The highest BCUT2D eigenvalue weighted by atomic mass is 14.3. The largest absolute Gasteiger partial charge is 0.0622 e. The summed E-state index contributed by atoms with van der Waals surface area (Å²) in [5.41, 5.74) is 0.429. The summed E-state index contributed by atoms with van der Waals surface area (Å²) in [6.07, 6.45) is 6.95. The van der Waals surface area contributed by atoms with E-state index in [9.17, 15) is 0 Å². The van der Waals surface area contributed by atoms with E-state index in [-0.39, 0.29) is 0 Å². The number of rotatable bonds is 1. The molecule has 1 aliphatic carbocycles. The van der Waals surface area contributed by atoms with Crippen LogP contribution in [0.1, 0.15) is 46.0 Å². The summed E-state index contributed by atoms with van der Waals surface area (Å²) in [5.74, 6) is 0.771. The Morgan fingerprint density at radius 1 is 1.10 bits per heavy atom. The van der Waals surface area contributed by atoms with E-state index in [1.54, 1.807) is 0 Å². The van der Waals surface area contributed by atoms with Crippen molar-refractivity contribution in [3.63, 3.8) is 0 Å². The molecule has 0 aromatic carbocycles. The Morgan fingerprint density at radius 2 is 1.60 bits per heavy atom. The van der Waals surface area contributed by atoms with Gasteiger partial charge in [0.1, 0.15) is 0 Å². The van der Waals surface area contributed by atoms with Crippen molar-refractivity contribution in [1.29, 1.82) is 0 Å². The van der Waals surface area contributed by atoms with Crippen LogP contribution in [0.2, 0.25) is 0 Å². The highest BCUT2D eigenvalue weighted by molar-refractivity contribution is 4.87. The molecule has 0 unspecified atom stereocenters. The normalized spacial score (nSPS) is 25.2. The second-order valence-electron chi connectivity index (χ2n) is 4.08. The molecule has 0 amide bonds. The molecule has 1 fully saturated rings. The molecule has 0 N–H and O–H groups in total. The fraction of sp³-hybridized carbons (Fsp3) is 0.900. The molecule has 0 heteroatoms. The zero-order valence-corrected chi connectivity index (χ0v) is 7.32. The molecular weight excluding hydrogens is 120 g/mol. The summed E-state index contributed by atoms with van der Waals surface area (Å²) in [5, 5.41) is 0. The van der Waals surface area contributed by atoms with Crippen LogP contribution in [0.15, 0.2) is 0 Å². The lowest BCUT2D eigenvalue weighted by Gasteiger charge is -2.37. The van der Waals surface area contributed by atoms with Crippen molar-refractivity contribution in [3.05, 3.63) is 6.92 Å². The van der Waals surface area contributed by atoms with E-state index in [0.717, 1.165) is 5.92 Å². The SMILES string of the molecule is [CH2]C1(C(C)C)CCCCC1. The van der Waals surface area contributed by atoms with Crippen LogP contribution in [0.25, 0.3) is 0 Å². The summed E-state index contributed by atoms with van der Waals surface area (Å²) >= 11 is 0. The second kappa shape index (κ2) is 2.94. The first-order valence-corrected chi connectivity index (χ1v) is 4.50. The molecule has 10 heavy (non-hydrogen) atoms. The van der Waals surface area contributed by atoms with Gasteiger partial charge in [0.25, 0.3) is 0 Å². The third-order valence-electron chi connectivity index (χ3n) is 3.07. The molecule has 0 spiro atoms. The van der Waals surface area contributed by atoms with Gasteiger partial charge in [0.2, 0.25) is 0 Å². The lowest BCUT2D eigenvalue weighted by molar-refractivity contribution is 0.177. The van der Waals surface area contributed by atoms with Crippen LogP contribution in [-0.4, -0.2) is 0 Å². The third kappa shape index (κ3) is 1.53. The van der Waals surface area contributed by atoms with Crippen molar-refractivity contribution in [3.8, 4) is 0 Å². The lowest BCUT2D eigenvalue weighted by atomic mass is 9.69. The highest BCUT2D eigenvalue weighted by Gasteiger charge is 2.29. The van der Waals surface area contributed by atoms with Gasteiger partial charge in [-0.1, -0.05) is 33.1 Å². The Bertz CT molecular complexity index is 96.6. The van der Waals surface area contributed by atoms with Gasteiger partial charge in [-0.25, -0.2) is 0 Å². The molecule has 0 heterocycles. The fourth-order valence-electron chi connectivity index (χ4n) is 1.83. The molecule has 0 aromatic rings. The molecule has 1 rings (SSSR count). The van der Waals surface area contributed by atoms with Crippen molar-refractivity contribution in [2.45, 2.75) is 46.0 Å². The van der Waals surface area contributed by atoms with Crippen LogP contribution in [-0.2, 0) is 0 Å². The van der Waals surface area contributed by atoms with Gasteiger partial charge in [-0.2, -0.15) is 0 Å². The van der Waals surface area contributed by atoms with Gasteiger partial charge in [0.15, 0.2) is 0 Å². The minimum atomic E-state index is 0.429. The van der Waals surface area contributed by atoms with Crippen LogP contribution in [0.5, 0.6) is 0 Å². The Labute approximate surface area is 65.0 Å². The predicted molar refractivity (Wildman–Crippen MR) is 45.7 cm³/mol. The van der Waals surface area contributed by atoms with E-state index < -0.39 is 0 Å². The third-order valence-corrected chi connectivity index (χ3v) is 3.07. The van der Waals surface area contributed by atoms with Crippen LogP contribution in [0.3, 0.4) is 0 Å². The van der Waals surface area contributed by atoms with Gasteiger partial charge in [-0.15, -0.1) is 0 Å². The summed E-state index contributed by atoms with van der Waals surface area (Å²) in [7, 11) is 0. The summed E-state index contributed by atoms with van der Waals surface area (Å²) < 4.78 is 0. The van der Waals surface area contributed by atoms with Crippen molar-refractivity contribution < 1.29 is 0 Å². The van der Waals surface area contributed by atoms with Crippen molar-refractivity contribution in [2.24, 2.45) is 11.3 Å². The van der Waals surface area contributed by atoms with E-state index in [4.69, 9.17) is 0 Å². The van der Waals surface area contributed by atoms with Crippen molar-refractivity contribution in [1.82, 2.24) is 0 Å². The molecule has 0 bridgehead atoms. The predicted octanol–water partition coefficient (Wildman–Crippen LogP) is 3.43. The van der Waals surface area contributed by atoms with Crippen molar-refractivity contribution >= 4 is 0 Å². The maximum absolute atomic E-state index is 4.33. The molecule has 0 nitrogen and oxygen atoms in total. The second-order valence-corrected chi connectivity index (χ2v) is 4.08. The topological polar surface area (TPSA) is 0 Å². The van der Waals surface area contributed by atoms with Gasteiger partial charge in [-0.05, 0) is 31.1 Å². The van der Waals surface area contributed by atoms with E-state index in [1.165, 1.54) is 32.1 Å². The number of hydrogen-bond acceptors (Lipinski definition) is 0. The minimum absolute atomic E-state index is 0.429. The Hall–Kier alpha value is 0. The molecular formula is C10H19. The van der Waals surface area contributed by atoms with Gasteiger partial charge in [-0.3, -0.25) is 0 Å². The molecule has 0 atom stereocenters. The van der Waals surface area contributed by atoms with E-state index in [1.807, 2.05) is 0 Å². The Balaban J connectivity index is 2.48. The summed E-state index contributed by atoms with van der Waals surface area (Å²) in [6.45, 7) is 8.94. The lowest BCUT2D eigenvalue weighted by Crippen LogP contribution is -2.26. The first-order valence-electron chi connectivity index (χ1n) is 4.50. The minimum Gasteiger partial charge on any atom is -0.0622 e. The maximum atomic E-state index is 4.33. The van der Waals surface area contributed by atoms with Crippen LogP contribution in [0, 0.1) is 18.3 Å². The standard InChI is InChI=1S/C10H19/c1-9(2)10(3)7-5-4-6-8-10/h9H,3-8H2,1-2H3. The molecule has 59 valence electrons. The van der Waals surface area contributed by atoms with Gasteiger partial charge in [0, 0.05) is 0 Å². The average molecular weight is 139 g/mol. The van der Waals surface area contributed by atoms with Crippen molar-refractivity contribution in [2.75, 3.05) is 0 Å². The molecule has 1 saturated carbocycles. The summed E-state index contributed by atoms with van der Waals surface area (Å²) in [6, 6.07) is 0. The fourth-order valence-corrected chi connectivity index (χ4v) is 1.83. The van der Waals surface area contributed by atoms with E-state index in [2.05, 4.69) is 20.8 Å². The van der Waals surface area contributed by atoms with E-state index >= 15 is 0 Å². The van der Waals surface area contributed by atoms with Gasteiger partial charge < -0.3 is 0 Å². The first-order chi connectivity index (χ1) is 4.65. The van der Waals surface area contributed by atoms with Crippen LogP contribution in [0.4, 0.5) is 0 Å². The average Bonchev–Trinajstić information content (AvgIpc) is 1.89. The number of hydrogen-bond donors (Lipinski definition) is 0. The molecule has 0 aliphatic heterocycles. The van der Waals surface area contributed by atoms with E-state index in [0.29, 0.717) is 5.41 Å². The van der Waals surface area contributed by atoms with Crippen LogP contribution < -0.4 is 0 Å². The molecule has 0 saturated heterocycles. The summed E-state index contributed by atoms with van der Waals surface area (Å²) in [4.78, 5) is 0. The monoisotopic (exact) mass is 139 g/mol. The quantitative estimate of drug-likeness (QED) is 0.522. The van der Waals surface area contributed by atoms with Gasteiger partial charge in [0.05, 0.1) is 0 Å². The molecule has 0 aromatic heterocycles. The zero-order chi connectivity index (χ0) is 7.61. The molecule has 1 aliphatic rings. The molecule has 1 radical (unpaired) electrons. The highest BCUT2D eigenvalue weighted by Crippen LogP contribution is 2.41.